The Bertz CT molecular complexity index is 716. The fraction of sp³-hybridized carbons (Fsp3) is 0.375. The smallest absolute Gasteiger partial charge is 0.423 e. The monoisotopic (exact) mass is 361 g/mol. The maximum absolute atomic E-state index is 12.3. The Morgan fingerprint density at radius 2 is 1.81 bits per heavy atom. The molecule has 0 bridgehead atoms. The van der Waals surface area contributed by atoms with Gasteiger partial charge in [-0.05, 0) is 43.3 Å². The number of carbonyl (C=O) groups excluding carboxylic acids is 4. The summed E-state index contributed by atoms with van der Waals surface area (Å²) in [5.74, 6) is -1.11. The van der Waals surface area contributed by atoms with Gasteiger partial charge < -0.3 is 21.1 Å². The van der Waals surface area contributed by atoms with Gasteiger partial charge in [-0.25, -0.2) is 4.79 Å². The average Bonchev–Trinajstić information content (AvgIpc) is 2.60. The number of aldehydes is 1. The molecule has 26 heavy (non-hydrogen) atoms. The van der Waals surface area contributed by atoms with Gasteiger partial charge in [-0.3, -0.25) is 19.7 Å². The number of hydrogen-bond acceptors (Lipinski definition) is 6. The van der Waals surface area contributed by atoms with Crippen LogP contribution in [0, 0.1) is 5.92 Å². The van der Waals surface area contributed by atoms with Crippen LogP contribution in [0.5, 0.6) is 0 Å². The van der Waals surface area contributed by atoms with E-state index in [0.717, 1.165) is 0 Å². The van der Waals surface area contributed by atoms with Crippen LogP contribution in [0.1, 0.15) is 46.4 Å². The van der Waals surface area contributed by atoms with Gasteiger partial charge in [-0.1, -0.05) is 6.07 Å². The highest BCUT2D eigenvalue weighted by Gasteiger charge is 2.28. The normalized spacial score (nSPS) is 19.3. The number of benzene rings is 1. The molecule has 0 aromatic heterocycles. The molecule has 0 aliphatic heterocycles. The van der Waals surface area contributed by atoms with E-state index in [0.29, 0.717) is 32.0 Å². The Labute approximate surface area is 150 Å². The molecule has 1 aliphatic rings. The molecule has 0 spiro atoms. The van der Waals surface area contributed by atoms with Gasteiger partial charge in [0.05, 0.1) is 0 Å². The van der Waals surface area contributed by atoms with Gasteiger partial charge in [0.15, 0.2) is 0 Å². The average molecular weight is 361 g/mol. The number of nitrogens with two attached hydrogens (primary N) is 1. The molecule has 1 saturated carbocycles. The lowest BCUT2D eigenvalue weighted by Gasteiger charge is -2.28. The zero-order chi connectivity index (χ0) is 19.3. The number of hydrogen-bond donors (Lipinski definition) is 5. The molecule has 2 rings (SSSR count). The quantitative estimate of drug-likeness (QED) is 0.323. The number of amides is 4. The van der Waals surface area contributed by atoms with Crippen molar-refractivity contribution in [1.82, 2.24) is 10.6 Å². The SMILES string of the molecule is NC(=O)NC(=O)C1CCC(NC(=O)c2ccc(B(O)O)c(C=O)c2)CC1. The number of carbonyl (C=O) groups is 4. The van der Waals surface area contributed by atoms with Crippen molar-refractivity contribution in [2.75, 3.05) is 0 Å². The van der Waals surface area contributed by atoms with E-state index >= 15 is 0 Å². The molecule has 1 aliphatic carbocycles. The summed E-state index contributed by atoms with van der Waals surface area (Å²) in [4.78, 5) is 45.8. The highest BCUT2D eigenvalue weighted by Crippen LogP contribution is 2.24. The first-order valence-electron chi connectivity index (χ1n) is 8.18. The minimum absolute atomic E-state index is 0.0255. The van der Waals surface area contributed by atoms with Crippen molar-refractivity contribution in [3.8, 4) is 0 Å². The molecule has 10 heteroatoms. The Morgan fingerprint density at radius 3 is 2.35 bits per heavy atom. The molecule has 0 radical (unpaired) electrons. The summed E-state index contributed by atoms with van der Waals surface area (Å²) >= 11 is 0. The maximum Gasteiger partial charge on any atom is 0.489 e. The van der Waals surface area contributed by atoms with Crippen molar-refractivity contribution in [2.45, 2.75) is 31.7 Å². The summed E-state index contributed by atoms with van der Waals surface area (Å²) in [5, 5.41) is 23.3. The first-order chi connectivity index (χ1) is 12.3. The Kier molecular flexibility index (Phi) is 6.48. The van der Waals surface area contributed by atoms with Crippen molar-refractivity contribution < 1.29 is 29.2 Å². The zero-order valence-electron chi connectivity index (χ0n) is 14.0. The predicted octanol–water partition coefficient (Wildman–Crippen LogP) is -1.34. The van der Waals surface area contributed by atoms with E-state index in [4.69, 9.17) is 5.73 Å². The summed E-state index contributed by atoms with van der Waals surface area (Å²) in [6.07, 6.45) is 2.61. The third-order valence-corrected chi connectivity index (χ3v) is 4.43. The number of primary amides is 1. The molecule has 9 nitrogen and oxygen atoms in total. The number of imide groups is 1. The maximum atomic E-state index is 12.3. The van der Waals surface area contributed by atoms with Crippen LogP contribution in [0.3, 0.4) is 0 Å². The van der Waals surface area contributed by atoms with E-state index in [1.165, 1.54) is 18.2 Å². The highest BCUT2D eigenvalue weighted by molar-refractivity contribution is 6.60. The Hall–Kier alpha value is -2.72. The van der Waals surface area contributed by atoms with Gasteiger partial charge in [0.2, 0.25) is 5.91 Å². The van der Waals surface area contributed by atoms with E-state index in [9.17, 15) is 29.2 Å². The van der Waals surface area contributed by atoms with Crippen molar-refractivity contribution in [1.29, 1.82) is 0 Å². The lowest BCUT2D eigenvalue weighted by molar-refractivity contribution is -0.124. The second-order valence-corrected chi connectivity index (χ2v) is 6.21. The summed E-state index contributed by atoms with van der Waals surface area (Å²) in [5.41, 5.74) is 5.21. The summed E-state index contributed by atoms with van der Waals surface area (Å²) in [7, 11) is -1.80. The lowest BCUT2D eigenvalue weighted by atomic mass is 9.76. The van der Waals surface area contributed by atoms with Gasteiger partial charge in [-0.15, -0.1) is 0 Å². The molecule has 1 fully saturated rings. The van der Waals surface area contributed by atoms with E-state index in [2.05, 4.69) is 10.6 Å². The van der Waals surface area contributed by atoms with Crippen molar-refractivity contribution in [2.24, 2.45) is 11.7 Å². The predicted molar refractivity (Wildman–Crippen MR) is 92.6 cm³/mol. The lowest BCUT2D eigenvalue weighted by Crippen LogP contribution is -2.43. The molecule has 1 aromatic carbocycles. The van der Waals surface area contributed by atoms with Crippen molar-refractivity contribution in [3.05, 3.63) is 29.3 Å². The van der Waals surface area contributed by atoms with E-state index in [-0.39, 0.29) is 28.5 Å². The van der Waals surface area contributed by atoms with Crippen molar-refractivity contribution >= 4 is 36.7 Å². The summed E-state index contributed by atoms with van der Waals surface area (Å²) in [6.45, 7) is 0. The fourth-order valence-corrected chi connectivity index (χ4v) is 3.05. The summed E-state index contributed by atoms with van der Waals surface area (Å²) < 4.78 is 0. The van der Waals surface area contributed by atoms with Gasteiger partial charge in [0.25, 0.3) is 5.91 Å². The Balaban J connectivity index is 1.94. The second kappa shape index (κ2) is 8.59. The number of rotatable bonds is 5. The summed E-state index contributed by atoms with van der Waals surface area (Å²) in [6, 6.07) is 3.00. The van der Waals surface area contributed by atoms with Crippen LogP contribution in [-0.4, -0.2) is 47.3 Å². The van der Waals surface area contributed by atoms with Crippen LogP contribution < -0.4 is 21.8 Å². The molecular formula is C16H20BN3O6. The largest absolute Gasteiger partial charge is 0.489 e. The molecule has 0 heterocycles. The molecule has 1 aromatic rings. The van der Waals surface area contributed by atoms with Gasteiger partial charge >= 0.3 is 13.1 Å². The molecular weight excluding hydrogens is 341 g/mol. The van der Waals surface area contributed by atoms with Crippen LogP contribution in [0.4, 0.5) is 4.79 Å². The first kappa shape index (κ1) is 19.6. The zero-order valence-corrected chi connectivity index (χ0v) is 14.0. The van der Waals surface area contributed by atoms with E-state index in [1.54, 1.807) is 0 Å². The number of urea groups is 1. The van der Waals surface area contributed by atoms with Gasteiger partial charge in [0, 0.05) is 23.1 Å². The third kappa shape index (κ3) is 4.90. The van der Waals surface area contributed by atoms with Crippen LogP contribution in [0.2, 0.25) is 0 Å². The van der Waals surface area contributed by atoms with Crippen LogP contribution >= 0.6 is 0 Å². The third-order valence-electron chi connectivity index (χ3n) is 4.43. The molecule has 4 amide bonds. The standard InChI is InChI=1S/C16H20BN3O6/c18-16(24)20-14(22)9-1-4-12(5-2-9)19-15(23)10-3-6-13(17(25)26)11(7-10)8-21/h3,6-9,12,25-26H,1-2,4-5H2,(H,19,23)(H3,18,20,22,24). The topological polar surface area (TPSA) is 159 Å². The first-order valence-corrected chi connectivity index (χ1v) is 8.18. The molecule has 138 valence electrons. The Morgan fingerprint density at radius 1 is 1.15 bits per heavy atom. The van der Waals surface area contributed by atoms with Crippen molar-refractivity contribution in [3.63, 3.8) is 0 Å². The van der Waals surface area contributed by atoms with Gasteiger partial charge in [-0.2, -0.15) is 0 Å². The minimum atomic E-state index is -1.80. The molecule has 0 atom stereocenters. The molecule has 6 N–H and O–H groups in total. The molecule has 0 saturated heterocycles. The van der Waals surface area contributed by atoms with Crippen LogP contribution in [0.25, 0.3) is 0 Å². The van der Waals surface area contributed by atoms with Crippen LogP contribution in [0.15, 0.2) is 18.2 Å². The van der Waals surface area contributed by atoms with E-state index in [1.807, 2.05) is 0 Å². The second-order valence-electron chi connectivity index (χ2n) is 6.21. The highest BCUT2D eigenvalue weighted by atomic mass is 16.4. The fourth-order valence-electron chi connectivity index (χ4n) is 3.05. The number of nitrogens with one attached hydrogen (secondary N) is 2. The van der Waals surface area contributed by atoms with Crippen LogP contribution in [-0.2, 0) is 4.79 Å². The van der Waals surface area contributed by atoms with Gasteiger partial charge in [0.1, 0.15) is 6.29 Å². The molecule has 0 unspecified atom stereocenters. The minimum Gasteiger partial charge on any atom is -0.423 e. The van der Waals surface area contributed by atoms with E-state index < -0.39 is 25.0 Å².